The molecule has 0 bridgehead atoms. The van der Waals surface area contributed by atoms with E-state index in [1.165, 1.54) is 0 Å². The summed E-state index contributed by atoms with van der Waals surface area (Å²) in [6.45, 7) is -0.552. The van der Waals surface area contributed by atoms with Crippen LogP contribution in [0.1, 0.15) is 11.4 Å². The van der Waals surface area contributed by atoms with Crippen molar-refractivity contribution >= 4 is 34.9 Å². The number of carbonyl (C=O) groups excluding carboxylic acids is 2. The van der Waals surface area contributed by atoms with E-state index in [4.69, 9.17) is 11.6 Å². The molecule has 152 valence electrons. The molecule has 0 atom stereocenters. The first kappa shape index (κ1) is 20.4. The SMILES string of the molecule is O=C(CNC(=O)Nc1ccccc1)NCc1nnc2c(Cl)cc(C(F)(F)F)cn12. The first-order valence-corrected chi connectivity index (χ1v) is 8.59. The van der Waals surface area contributed by atoms with Gasteiger partial charge in [0.2, 0.25) is 5.91 Å². The molecular weight excluding hydrogens is 413 g/mol. The molecule has 3 rings (SSSR count). The van der Waals surface area contributed by atoms with Crippen LogP contribution in [0, 0.1) is 0 Å². The molecule has 12 heteroatoms. The fraction of sp³-hybridized carbons (Fsp3) is 0.176. The van der Waals surface area contributed by atoms with Gasteiger partial charge in [-0.25, -0.2) is 4.79 Å². The van der Waals surface area contributed by atoms with Gasteiger partial charge >= 0.3 is 12.2 Å². The molecule has 1 aromatic carbocycles. The van der Waals surface area contributed by atoms with E-state index in [0.29, 0.717) is 5.69 Å². The monoisotopic (exact) mass is 426 g/mol. The van der Waals surface area contributed by atoms with E-state index in [9.17, 15) is 22.8 Å². The van der Waals surface area contributed by atoms with Crippen molar-refractivity contribution in [3.8, 4) is 0 Å². The zero-order valence-corrected chi connectivity index (χ0v) is 15.4. The lowest BCUT2D eigenvalue weighted by atomic mass is 10.3. The summed E-state index contributed by atoms with van der Waals surface area (Å²) in [7, 11) is 0. The molecule has 0 aliphatic carbocycles. The Morgan fingerprint density at radius 3 is 2.52 bits per heavy atom. The number of hydrogen-bond donors (Lipinski definition) is 3. The van der Waals surface area contributed by atoms with Crippen LogP contribution in [0.2, 0.25) is 5.02 Å². The quantitative estimate of drug-likeness (QED) is 0.584. The van der Waals surface area contributed by atoms with Crippen molar-refractivity contribution in [3.63, 3.8) is 0 Å². The topological polar surface area (TPSA) is 100 Å². The second-order valence-electron chi connectivity index (χ2n) is 5.83. The Labute approximate surface area is 167 Å². The van der Waals surface area contributed by atoms with Crippen LogP contribution in [0.5, 0.6) is 0 Å². The van der Waals surface area contributed by atoms with Gasteiger partial charge in [0.1, 0.15) is 0 Å². The molecule has 0 aliphatic heterocycles. The summed E-state index contributed by atoms with van der Waals surface area (Å²) < 4.78 is 39.9. The van der Waals surface area contributed by atoms with Crippen molar-refractivity contribution in [3.05, 3.63) is 59.0 Å². The van der Waals surface area contributed by atoms with E-state index in [2.05, 4.69) is 26.1 Å². The number of aromatic nitrogens is 3. The van der Waals surface area contributed by atoms with Gasteiger partial charge in [0.15, 0.2) is 11.5 Å². The minimum atomic E-state index is -4.60. The van der Waals surface area contributed by atoms with Crippen LogP contribution in [-0.4, -0.2) is 33.1 Å². The number of halogens is 4. The number of benzene rings is 1. The van der Waals surface area contributed by atoms with E-state index >= 15 is 0 Å². The number of rotatable bonds is 5. The Morgan fingerprint density at radius 1 is 1.10 bits per heavy atom. The van der Waals surface area contributed by atoms with E-state index in [1.807, 2.05) is 0 Å². The van der Waals surface area contributed by atoms with Crippen LogP contribution in [0.15, 0.2) is 42.6 Å². The summed E-state index contributed by atoms with van der Waals surface area (Å²) in [6, 6.07) is 8.79. The molecular formula is C17H14ClF3N6O2. The Morgan fingerprint density at radius 2 is 1.83 bits per heavy atom. The molecule has 0 fully saturated rings. The third kappa shape index (κ3) is 5.13. The predicted molar refractivity (Wildman–Crippen MR) is 98.3 cm³/mol. The maximum atomic E-state index is 13.0. The molecule has 0 saturated heterocycles. The number of nitrogens with one attached hydrogen (secondary N) is 3. The third-order valence-electron chi connectivity index (χ3n) is 3.74. The molecule has 2 heterocycles. The molecule has 8 nitrogen and oxygen atoms in total. The number of alkyl halides is 3. The molecule has 29 heavy (non-hydrogen) atoms. The summed E-state index contributed by atoms with van der Waals surface area (Å²) >= 11 is 5.83. The van der Waals surface area contributed by atoms with E-state index in [0.717, 1.165) is 16.7 Å². The number of nitrogens with zero attached hydrogens (tertiary/aromatic N) is 3. The first-order valence-electron chi connectivity index (χ1n) is 8.21. The van der Waals surface area contributed by atoms with Gasteiger partial charge in [-0.15, -0.1) is 10.2 Å². The van der Waals surface area contributed by atoms with E-state index < -0.39 is 23.7 Å². The van der Waals surface area contributed by atoms with Crippen molar-refractivity contribution < 1.29 is 22.8 Å². The number of urea groups is 1. The number of amides is 3. The molecule has 0 unspecified atom stereocenters. The highest BCUT2D eigenvalue weighted by Gasteiger charge is 2.32. The summed E-state index contributed by atoms with van der Waals surface area (Å²) in [5.41, 5.74) is -0.386. The highest BCUT2D eigenvalue weighted by molar-refractivity contribution is 6.33. The van der Waals surface area contributed by atoms with Crippen molar-refractivity contribution in [2.75, 3.05) is 11.9 Å². The summed E-state index contributed by atoms with van der Waals surface area (Å²) in [6.07, 6.45) is -3.80. The number of hydrogen-bond acceptors (Lipinski definition) is 4. The highest BCUT2D eigenvalue weighted by Crippen LogP contribution is 2.32. The summed E-state index contributed by atoms with van der Waals surface area (Å²) in [5.74, 6) is -0.516. The number of para-hydroxylation sites is 1. The normalized spacial score (nSPS) is 11.3. The first-order chi connectivity index (χ1) is 13.7. The van der Waals surface area contributed by atoms with Gasteiger partial charge in [-0.05, 0) is 18.2 Å². The lowest BCUT2D eigenvalue weighted by Gasteiger charge is -2.10. The zero-order valence-electron chi connectivity index (χ0n) is 14.6. The average molecular weight is 427 g/mol. The maximum absolute atomic E-state index is 13.0. The zero-order chi connectivity index (χ0) is 21.0. The molecule has 0 saturated carbocycles. The molecule has 3 amide bonds. The molecule has 0 spiro atoms. The van der Waals surface area contributed by atoms with Crippen molar-refractivity contribution in [1.82, 2.24) is 25.2 Å². The number of anilines is 1. The van der Waals surface area contributed by atoms with Crippen LogP contribution in [0.3, 0.4) is 0 Å². The number of pyridine rings is 1. The van der Waals surface area contributed by atoms with Gasteiger partial charge in [-0.3, -0.25) is 9.20 Å². The Kier molecular flexibility index (Phi) is 5.87. The summed E-state index contributed by atoms with van der Waals surface area (Å²) in [5, 5.41) is 14.6. The van der Waals surface area contributed by atoms with Gasteiger partial charge in [0, 0.05) is 11.9 Å². The van der Waals surface area contributed by atoms with E-state index in [-0.39, 0.29) is 29.6 Å². The predicted octanol–water partition coefficient (Wildman–Crippen LogP) is 2.84. The van der Waals surface area contributed by atoms with Crippen LogP contribution < -0.4 is 16.0 Å². The molecule has 3 N–H and O–H groups in total. The van der Waals surface area contributed by atoms with Crippen LogP contribution in [-0.2, 0) is 17.5 Å². The Hall–Kier alpha value is -3.34. The van der Waals surface area contributed by atoms with Gasteiger partial charge in [0.05, 0.1) is 23.7 Å². The van der Waals surface area contributed by atoms with Crippen LogP contribution in [0.4, 0.5) is 23.7 Å². The second-order valence-corrected chi connectivity index (χ2v) is 6.24. The van der Waals surface area contributed by atoms with Crippen molar-refractivity contribution in [2.24, 2.45) is 0 Å². The minimum absolute atomic E-state index is 0.0317. The van der Waals surface area contributed by atoms with Gasteiger partial charge < -0.3 is 16.0 Å². The summed E-state index contributed by atoms with van der Waals surface area (Å²) in [4.78, 5) is 23.7. The smallest absolute Gasteiger partial charge is 0.347 e. The highest BCUT2D eigenvalue weighted by atomic mass is 35.5. The third-order valence-corrected chi connectivity index (χ3v) is 4.02. The molecule has 0 aliphatic rings. The molecule has 0 radical (unpaired) electrons. The Bertz CT molecular complexity index is 1040. The largest absolute Gasteiger partial charge is 0.417 e. The lowest BCUT2D eigenvalue weighted by molar-refractivity contribution is -0.137. The minimum Gasteiger partial charge on any atom is -0.347 e. The standard InChI is InChI=1S/C17H14ClF3N6O2/c18-12-6-10(17(19,20)21)9-27-13(25-26-15(12)27)7-22-14(28)8-23-16(29)24-11-4-2-1-3-5-11/h1-6,9H,7-8H2,(H,22,28)(H2,23,24,29). The molecule has 2 aromatic heterocycles. The Balaban J connectivity index is 1.58. The maximum Gasteiger partial charge on any atom is 0.417 e. The second kappa shape index (κ2) is 8.35. The van der Waals surface area contributed by atoms with Gasteiger partial charge in [-0.1, -0.05) is 29.8 Å². The fourth-order valence-electron chi connectivity index (χ4n) is 2.37. The van der Waals surface area contributed by atoms with Gasteiger partial charge in [-0.2, -0.15) is 13.2 Å². The fourth-order valence-corrected chi connectivity index (χ4v) is 2.62. The average Bonchev–Trinajstić information content (AvgIpc) is 3.08. The van der Waals surface area contributed by atoms with Crippen molar-refractivity contribution in [2.45, 2.75) is 12.7 Å². The van der Waals surface area contributed by atoms with E-state index in [1.54, 1.807) is 30.3 Å². The van der Waals surface area contributed by atoms with Gasteiger partial charge in [0.25, 0.3) is 0 Å². The number of carbonyl (C=O) groups is 2. The van der Waals surface area contributed by atoms with Crippen molar-refractivity contribution in [1.29, 1.82) is 0 Å². The lowest BCUT2D eigenvalue weighted by Crippen LogP contribution is -2.38. The van der Waals surface area contributed by atoms with Crippen LogP contribution in [0.25, 0.3) is 5.65 Å². The number of fused-ring (bicyclic) bond motifs is 1. The van der Waals surface area contributed by atoms with Crippen LogP contribution >= 0.6 is 11.6 Å². The molecule has 3 aromatic rings.